The molecule has 1 aliphatic heterocycles. The molecule has 1 atom stereocenters. The predicted octanol–water partition coefficient (Wildman–Crippen LogP) is 3.31. The van der Waals surface area contributed by atoms with Crippen molar-refractivity contribution in [3.8, 4) is 0 Å². The van der Waals surface area contributed by atoms with Crippen molar-refractivity contribution >= 4 is 5.69 Å². The highest BCUT2D eigenvalue weighted by Crippen LogP contribution is 2.21. The van der Waals surface area contributed by atoms with Gasteiger partial charge in [0.2, 0.25) is 0 Å². The molecule has 1 aromatic rings. The van der Waals surface area contributed by atoms with Crippen molar-refractivity contribution in [1.29, 1.82) is 0 Å². The molecule has 0 N–H and O–H groups in total. The molecular weight excluding hydrogens is 170 g/mol. The first-order valence-corrected chi connectivity index (χ1v) is 5.66. The van der Waals surface area contributed by atoms with E-state index in [1.807, 2.05) is 0 Å². The molecule has 2 rings (SSSR count). The van der Waals surface area contributed by atoms with Crippen molar-refractivity contribution < 1.29 is 0 Å². The Morgan fingerprint density at radius 3 is 2.71 bits per heavy atom. The number of rotatable bonds is 1. The molecule has 1 fully saturated rings. The Bertz CT molecular complexity index is 268. The Morgan fingerprint density at radius 2 is 1.93 bits per heavy atom. The Hall–Kier alpha value is -0.980. The Labute approximate surface area is 86.7 Å². The van der Waals surface area contributed by atoms with Gasteiger partial charge in [-0.05, 0) is 30.9 Å². The fourth-order valence-corrected chi connectivity index (χ4v) is 2.23. The lowest BCUT2D eigenvalue weighted by atomic mass is 10.1. The maximum absolute atomic E-state index is 2.53. The van der Waals surface area contributed by atoms with Crippen LogP contribution in [0.5, 0.6) is 0 Å². The fourth-order valence-electron chi connectivity index (χ4n) is 2.23. The third-order valence-corrected chi connectivity index (χ3v) is 3.03. The molecule has 0 aromatic heterocycles. The lowest BCUT2D eigenvalue weighted by Crippen LogP contribution is -2.26. The van der Waals surface area contributed by atoms with Crippen LogP contribution in [0.2, 0.25) is 0 Å². The molecule has 0 spiro atoms. The maximum Gasteiger partial charge on any atom is 0.0366 e. The van der Waals surface area contributed by atoms with Gasteiger partial charge in [-0.25, -0.2) is 0 Å². The van der Waals surface area contributed by atoms with Gasteiger partial charge in [0.15, 0.2) is 0 Å². The molecule has 1 saturated heterocycles. The monoisotopic (exact) mass is 189 g/mol. The summed E-state index contributed by atoms with van der Waals surface area (Å²) in [4.78, 5) is 2.53. The second-order valence-electron chi connectivity index (χ2n) is 4.38. The molecule has 1 aliphatic rings. The zero-order valence-corrected chi connectivity index (χ0v) is 8.95. The van der Waals surface area contributed by atoms with Gasteiger partial charge in [-0.2, -0.15) is 0 Å². The topological polar surface area (TPSA) is 3.24 Å². The molecule has 1 heterocycles. The SMILES string of the molecule is CC1CCCCN(c2ccccc2)C1. The molecule has 0 saturated carbocycles. The van der Waals surface area contributed by atoms with Crippen molar-refractivity contribution in [3.63, 3.8) is 0 Å². The number of hydrogen-bond acceptors (Lipinski definition) is 1. The van der Waals surface area contributed by atoms with Crippen molar-refractivity contribution in [1.82, 2.24) is 0 Å². The van der Waals surface area contributed by atoms with Crippen LogP contribution in [-0.4, -0.2) is 13.1 Å². The first-order valence-electron chi connectivity index (χ1n) is 5.66. The number of nitrogens with zero attached hydrogens (tertiary/aromatic N) is 1. The Balaban J connectivity index is 2.09. The second-order valence-corrected chi connectivity index (χ2v) is 4.38. The van der Waals surface area contributed by atoms with Crippen LogP contribution < -0.4 is 4.90 Å². The first-order chi connectivity index (χ1) is 6.86. The summed E-state index contributed by atoms with van der Waals surface area (Å²) in [7, 11) is 0. The third-order valence-electron chi connectivity index (χ3n) is 3.03. The summed E-state index contributed by atoms with van der Waals surface area (Å²) in [5.74, 6) is 0.845. The summed E-state index contributed by atoms with van der Waals surface area (Å²) in [6.07, 6.45) is 4.13. The average molecular weight is 189 g/mol. The molecule has 0 radical (unpaired) electrons. The minimum Gasteiger partial charge on any atom is -0.371 e. The summed E-state index contributed by atoms with van der Waals surface area (Å²) in [5, 5.41) is 0. The van der Waals surface area contributed by atoms with Crippen LogP contribution in [0.3, 0.4) is 0 Å². The van der Waals surface area contributed by atoms with E-state index in [2.05, 4.69) is 42.2 Å². The van der Waals surface area contributed by atoms with E-state index >= 15 is 0 Å². The molecule has 0 aliphatic carbocycles. The van der Waals surface area contributed by atoms with E-state index in [0.717, 1.165) is 5.92 Å². The van der Waals surface area contributed by atoms with Crippen molar-refractivity contribution in [2.24, 2.45) is 5.92 Å². The van der Waals surface area contributed by atoms with E-state index in [0.29, 0.717) is 0 Å². The minimum absolute atomic E-state index is 0.845. The highest BCUT2D eigenvalue weighted by atomic mass is 15.1. The number of para-hydroxylation sites is 1. The molecule has 1 nitrogen and oxygen atoms in total. The standard InChI is InChI=1S/C13H19N/c1-12-7-5-6-10-14(11-12)13-8-3-2-4-9-13/h2-4,8-9,12H,5-7,10-11H2,1H3. The minimum atomic E-state index is 0.845. The van der Waals surface area contributed by atoms with Gasteiger partial charge in [0.25, 0.3) is 0 Å². The summed E-state index contributed by atoms with van der Waals surface area (Å²) in [6, 6.07) is 10.8. The summed E-state index contributed by atoms with van der Waals surface area (Å²) < 4.78 is 0. The van der Waals surface area contributed by atoms with Gasteiger partial charge in [-0.1, -0.05) is 31.5 Å². The van der Waals surface area contributed by atoms with Crippen LogP contribution in [0, 0.1) is 5.92 Å². The van der Waals surface area contributed by atoms with Gasteiger partial charge in [-0.15, -0.1) is 0 Å². The van der Waals surface area contributed by atoms with E-state index in [1.54, 1.807) is 0 Å². The maximum atomic E-state index is 2.53. The molecule has 1 unspecified atom stereocenters. The van der Waals surface area contributed by atoms with E-state index < -0.39 is 0 Å². The van der Waals surface area contributed by atoms with E-state index in [-0.39, 0.29) is 0 Å². The van der Waals surface area contributed by atoms with Crippen LogP contribution in [-0.2, 0) is 0 Å². The lowest BCUT2D eigenvalue weighted by molar-refractivity contribution is 0.545. The molecule has 1 aromatic carbocycles. The van der Waals surface area contributed by atoms with Crippen LogP contribution in [0.1, 0.15) is 26.2 Å². The summed E-state index contributed by atoms with van der Waals surface area (Å²) in [5.41, 5.74) is 1.39. The number of benzene rings is 1. The number of anilines is 1. The van der Waals surface area contributed by atoms with E-state index in [4.69, 9.17) is 0 Å². The molecule has 1 heteroatoms. The largest absolute Gasteiger partial charge is 0.371 e. The number of hydrogen-bond donors (Lipinski definition) is 0. The van der Waals surface area contributed by atoms with Gasteiger partial charge < -0.3 is 4.90 Å². The fraction of sp³-hybridized carbons (Fsp3) is 0.538. The Morgan fingerprint density at radius 1 is 1.14 bits per heavy atom. The zero-order chi connectivity index (χ0) is 9.80. The van der Waals surface area contributed by atoms with Gasteiger partial charge >= 0.3 is 0 Å². The molecular formula is C13H19N. The van der Waals surface area contributed by atoms with Crippen molar-refractivity contribution in [2.75, 3.05) is 18.0 Å². The van der Waals surface area contributed by atoms with Crippen LogP contribution in [0.4, 0.5) is 5.69 Å². The van der Waals surface area contributed by atoms with Gasteiger partial charge in [0, 0.05) is 18.8 Å². The first kappa shape index (κ1) is 9.57. The highest BCUT2D eigenvalue weighted by molar-refractivity contribution is 5.46. The zero-order valence-electron chi connectivity index (χ0n) is 8.95. The van der Waals surface area contributed by atoms with Gasteiger partial charge in [-0.3, -0.25) is 0 Å². The Kier molecular flexibility index (Phi) is 3.07. The molecule has 0 amide bonds. The van der Waals surface area contributed by atoms with Crippen molar-refractivity contribution in [3.05, 3.63) is 30.3 Å². The highest BCUT2D eigenvalue weighted by Gasteiger charge is 2.14. The molecule has 14 heavy (non-hydrogen) atoms. The average Bonchev–Trinajstić information content (AvgIpc) is 2.44. The molecule has 0 bridgehead atoms. The third kappa shape index (κ3) is 2.28. The van der Waals surface area contributed by atoms with E-state index in [9.17, 15) is 0 Å². The summed E-state index contributed by atoms with van der Waals surface area (Å²) in [6.45, 7) is 4.82. The quantitative estimate of drug-likeness (QED) is 0.655. The van der Waals surface area contributed by atoms with Crippen LogP contribution in [0.25, 0.3) is 0 Å². The van der Waals surface area contributed by atoms with Crippen molar-refractivity contribution in [2.45, 2.75) is 26.2 Å². The second kappa shape index (κ2) is 4.50. The van der Waals surface area contributed by atoms with Crippen LogP contribution in [0.15, 0.2) is 30.3 Å². The van der Waals surface area contributed by atoms with E-state index in [1.165, 1.54) is 38.0 Å². The van der Waals surface area contributed by atoms with Crippen LogP contribution >= 0.6 is 0 Å². The van der Waals surface area contributed by atoms with Gasteiger partial charge in [0.05, 0.1) is 0 Å². The molecule has 76 valence electrons. The van der Waals surface area contributed by atoms with Gasteiger partial charge in [0.1, 0.15) is 0 Å². The predicted molar refractivity (Wildman–Crippen MR) is 61.7 cm³/mol. The normalized spacial score (nSPS) is 23.2. The smallest absolute Gasteiger partial charge is 0.0366 e. The lowest BCUT2D eigenvalue weighted by Gasteiger charge is -2.24. The summed E-state index contributed by atoms with van der Waals surface area (Å²) >= 11 is 0.